The van der Waals surface area contributed by atoms with Gasteiger partial charge in [0.1, 0.15) is 0 Å². The average Bonchev–Trinajstić information content (AvgIpc) is 2.26. The molecule has 0 amide bonds. The summed E-state index contributed by atoms with van der Waals surface area (Å²) in [7, 11) is 1.03. The van der Waals surface area contributed by atoms with Gasteiger partial charge in [0, 0.05) is 26.4 Å². The normalized spacial score (nSPS) is 12.4. The third kappa shape index (κ3) is 6.63. The van der Waals surface area contributed by atoms with Gasteiger partial charge in [0.25, 0.3) is 0 Å². The molecule has 0 atom stereocenters. The van der Waals surface area contributed by atoms with E-state index in [2.05, 4.69) is 6.92 Å². The highest BCUT2D eigenvalue weighted by atomic mass is 28.4. The van der Waals surface area contributed by atoms with Crippen molar-refractivity contribution in [3.05, 3.63) is 0 Å². The number of hydrogen-bond acceptors (Lipinski definition) is 3. The largest absolute Gasteiger partial charge is 0.500 e. The maximum absolute atomic E-state index is 5.84. The molecule has 0 N–H and O–H groups in total. The van der Waals surface area contributed by atoms with E-state index in [0.717, 1.165) is 12.5 Å². The van der Waals surface area contributed by atoms with Gasteiger partial charge in [-0.25, -0.2) is 0 Å². The number of rotatable bonds is 10. The molecule has 0 radical (unpaired) electrons. The molecule has 16 heavy (non-hydrogen) atoms. The zero-order chi connectivity index (χ0) is 12.4. The molecule has 0 aromatic heterocycles. The van der Waals surface area contributed by atoms with Gasteiger partial charge in [0.2, 0.25) is 0 Å². The smallest absolute Gasteiger partial charge is 0.377 e. The minimum Gasteiger partial charge on any atom is -0.377 e. The summed E-state index contributed by atoms with van der Waals surface area (Å²) in [6, 6.07) is 0.932. The quantitative estimate of drug-likeness (QED) is 0.436. The van der Waals surface area contributed by atoms with Gasteiger partial charge in [-0.2, -0.15) is 0 Å². The number of hydrogen-bond donors (Lipinski definition) is 0. The Labute approximate surface area is 102 Å². The Hall–Kier alpha value is 0.0969. The molecule has 0 bridgehead atoms. The molecule has 0 saturated carbocycles. The van der Waals surface area contributed by atoms with Crippen LogP contribution in [-0.4, -0.2) is 29.1 Å². The van der Waals surface area contributed by atoms with Crippen molar-refractivity contribution in [3.63, 3.8) is 0 Å². The molecular weight excluding hydrogens is 220 g/mol. The van der Waals surface area contributed by atoms with E-state index in [4.69, 9.17) is 13.3 Å². The lowest BCUT2D eigenvalue weighted by Gasteiger charge is -2.28. The zero-order valence-corrected chi connectivity index (χ0v) is 12.5. The van der Waals surface area contributed by atoms with Crippen molar-refractivity contribution < 1.29 is 13.3 Å². The predicted octanol–water partition coefficient (Wildman–Crippen LogP) is 3.61. The molecule has 0 aromatic rings. The summed E-state index contributed by atoms with van der Waals surface area (Å²) >= 11 is 0. The summed E-state index contributed by atoms with van der Waals surface area (Å²) in [5.41, 5.74) is 0. The van der Waals surface area contributed by atoms with E-state index in [1.54, 1.807) is 14.2 Å². The molecule has 0 rings (SSSR count). The Morgan fingerprint density at radius 1 is 0.938 bits per heavy atom. The highest BCUT2D eigenvalue weighted by Crippen LogP contribution is 2.20. The second-order valence-electron chi connectivity index (χ2n) is 4.42. The summed E-state index contributed by atoms with van der Waals surface area (Å²) in [5, 5.41) is 0. The molecule has 0 fully saturated rings. The first-order valence-corrected chi connectivity index (χ1v) is 8.31. The minimum absolute atomic E-state index is 0.169. The highest BCUT2D eigenvalue weighted by Gasteiger charge is 2.39. The van der Waals surface area contributed by atoms with Crippen LogP contribution in [0.4, 0.5) is 0 Å². The van der Waals surface area contributed by atoms with Crippen LogP contribution in [0.15, 0.2) is 0 Å². The van der Waals surface area contributed by atoms with E-state index >= 15 is 0 Å². The molecule has 3 nitrogen and oxygen atoms in total. The predicted molar refractivity (Wildman–Crippen MR) is 69.6 cm³/mol. The van der Waals surface area contributed by atoms with Crippen molar-refractivity contribution in [2.45, 2.75) is 65.0 Å². The van der Waals surface area contributed by atoms with E-state index in [1.807, 2.05) is 13.8 Å². The molecule has 0 heterocycles. The first kappa shape index (κ1) is 16.1. The summed E-state index contributed by atoms with van der Waals surface area (Å²) in [4.78, 5) is 0. The summed E-state index contributed by atoms with van der Waals surface area (Å²) < 4.78 is 16.8. The van der Waals surface area contributed by atoms with E-state index < -0.39 is 8.80 Å². The summed E-state index contributed by atoms with van der Waals surface area (Å²) in [6.07, 6.45) is 6.45. The van der Waals surface area contributed by atoms with Gasteiger partial charge in [-0.1, -0.05) is 32.6 Å². The van der Waals surface area contributed by atoms with Crippen molar-refractivity contribution in [1.82, 2.24) is 0 Å². The van der Waals surface area contributed by atoms with Gasteiger partial charge >= 0.3 is 8.80 Å². The van der Waals surface area contributed by atoms with Crippen LogP contribution in [0.25, 0.3) is 0 Å². The summed E-state index contributed by atoms with van der Waals surface area (Å²) in [6.45, 7) is 6.28. The van der Waals surface area contributed by atoms with Gasteiger partial charge in [0.05, 0.1) is 0 Å². The third-order valence-electron chi connectivity index (χ3n) is 2.62. The molecule has 0 aliphatic rings. The van der Waals surface area contributed by atoms with Gasteiger partial charge in [0.15, 0.2) is 0 Å². The summed E-state index contributed by atoms with van der Waals surface area (Å²) in [5.74, 6) is 0. The zero-order valence-electron chi connectivity index (χ0n) is 11.5. The van der Waals surface area contributed by atoms with E-state index in [9.17, 15) is 0 Å². The van der Waals surface area contributed by atoms with E-state index in [0.29, 0.717) is 0 Å². The topological polar surface area (TPSA) is 27.7 Å². The van der Waals surface area contributed by atoms with Crippen LogP contribution in [0, 0.1) is 0 Å². The first-order chi connectivity index (χ1) is 7.60. The molecular formula is C12H28O3Si. The monoisotopic (exact) mass is 248 g/mol. The van der Waals surface area contributed by atoms with Crippen molar-refractivity contribution in [1.29, 1.82) is 0 Å². The van der Waals surface area contributed by atoms with Crippen LogP contribution in [0.1, 0.15) is 52.9 Å². The fourth-order valence-electron chi connectivity index (χ4n) is 1.75. The maximum atomic E-state index is 5.84. The fourth-order valence-corrected chi connectivity index (χ4v) is 4.03. The van der Waals surface area contributed by atoms with Crippen molar-refractivity contribution in [2.24, 2.45) is 0 Å². The average molecular weight is 248 g/mol. The SMILES string of the molecule is CCCCCCC[Si](OC)(OC)OC(C)C. The molecule has 0 spiro atoms. The molecule has 0 unspecified atom stereocenters. The van der Waals surface area contributed by atoms with Crippen LogP contribution >= 0.6 is 0 Å². The number of unbranched alkanes of at least 4 members (excludes halogenated alkanes) is 4. The van der Waals surface area contributed by atoms with Crippen molar-refractivity contribution in [2.75, 3.05) is 14.2 Å². The molecule has 0 aromatic carbocycles. The maximum Gasteiger partial charge on any atom is 0.500 e. The van der Waals surface area contributed by atoms with Gasteiger partial charge in [-0.3, -0.25) is 0 Å². The highest BCUT2D eigenvalue weighted by molar-refractivity contribution is 6.60. The van der Waals surface area contributed by atoms with Crippen LogP contribution in [0.3, 0.4) is 0 Å². The van der Waals surface area contributed by atoms with E-state index in [-0.39, 0.29) is 6.10 Å². The van der Waals surface area contributed by atoms with Gasteiger partial charge in [-0.05, 0) is 20.3 Å². The Balaban J connectivity index is 3.92. The van der Waals surface area contributed by atoms with Crippen molar-refractivity contribution >= 4 is 8.80 Å². The van der Waals surface area contributed by atoms with Crippen molar-refractivity contribution in [3.8, 4) is 0 Å². The fraction of sp³-hybridized carbons (Fsp3) is 1.00. The van der Waals surface area contributed by atoms with Crippen LogP contribution in [0.5, 0.6) is 0 Å². The van der Waals surface area contributed by atoms with Crippen LogP contribution < -0.4 is 0 Å². The molecule has 0 aliphatic carbocycles. The second-order valence-corrected chi connectivity index (χ2v) is 7.34. The second kappa shape index (κ2) is 9.16. The molecule has 4 heteroatoms. The molecule has 98 valence electrons. The van der Waals surface area contributed by atoms with Gasteiger partial charge < -0.3 is 13.3 Å². The Morgan fingerprint density at radius 3 is 1.94 bits per heavy atom. The van der Waals surface area contributed by atoms with Crippen LogP contribution in [0.2, 0.25) is 6.04 Å². The third-order valence-corrected chi connectivity index (χ3v) is 5.66. The Kier molecular flexibility index (Phi) is 9.22. The van der Waals surface area contributed by atoms with Gasteiger partial charge in [-0.15, -0.1) is 0 Å². The van der Waals surface area contributed by atoms with Crippen LogP contribution in [-0.2, 0) is 13.3 Å². The minimum atomic E-state index is -2.37. The first-order valence-electron chi connectivity index (χ1n) is 6.38. The standard InChI is InChI=1S/C12H28O3Si/c1-6-7-8-9-10-11-16(13-4,14-5)15-12(2)3/h12H,6-11H2,1-5H3. The lowest BCUT2D eigenvalue weighted by Crippen LogP contribution is -2.45. The lowest BCUT2D eigenvalue weighted by molar-refractivity contribution is 0.0693. The molecule has 0 aliphatic heterocycles. The Bertz CT molecular complexity index is 158. The Morgan fingerprint density at radius 2 is 1.50 bits per heavy atom. The lowest BCUT2D eigenvalue weighted by atomic mass is 10.2. The molecule has 0 saturated heterocycles. The van der Waals surface area contributed by atoms with E-state index in [1.165, 1.54) is 25.7 Å².